The molecule has 0 spiro atoms. The van der Waals surface area contributed by atoms with Crippen LogP contribution in [0.25, 0.3) is 10.9 Å². The molecule has 0 aliphatic carbocycles. The Kier molecular flexibility index (Phi) is 3.58. The van der Waals surface area contributed by atoms with E-state index in [9.17, 15) is 13.2 Å². The van der Waals surface area contributed by atoms with Gasteiger partial charge in [0.2, 0.25) is 0 Å². The van der Waals surface area contributed by atoms with E-state index in [1.54, 1.807) is 13.0 Å². The van der Waals surface area contributed by atoms with E-state index in [0.29, 0.717) is 17.7 Å². The molecule has 1 N–H and O–H groups in total. The summed E-state index contributed by atoms with van der Waals surface area (Å²) in [7, 11) is 0. The molecule has 1 aromatic heterocycles. The van der Waals surface area contributed by atoms with Gasteiger partial charge in [-0.2, -0.15) is 13.2 Å². The molecule has 6 heteroatoms. The normalized spacial score (nSPS) is 11.9. The molecule has 1 aromatic carbocycles. The monoisotopic (exact) mass is 288 g/mol. The van der Waals surface area contributed by atoms with Crippen LogP contribution in [0.15, 0.2) is 18.2 Å². The summed E-state index contributed by atoms with van der Waals surface area (Å²) in [6, 6.07) is 4.05. The van der Waals surface area contributed by atoms with E-state index < -0.39 is 11.7 Å². The van der Waals surface area contributed by atoms with Gasteiger partial charge in [-0.1, -0.05) is 11.6 Å². The largest absolute Gasteiger partial charge is 0.418 e. The zero-order valence-electron chi connectivity index (χ0n) is 10.4. The highest BCUT2D eigenvalue weighted by molar-refractivity contribution is 6.31. The van der Waals surface area contributed by atoms with Crippen LogP contribution in [0.1, 0.15) is 18.1 Å². The molecule has 2 aromatic rings. The van der Waals surface area contributed by atoms with Crippen LogP contribution in [-0.2, 0) is 6.18 Å². The summed E-state index contributed by atoms with van der Waals surface area (Å²) in [5, 5.41) is 3.39. The predicted molar refractivity (Wildman–Crippen MR) is 70.7 cm³/mol. The van der Waals surface area contributed by atoms with Gasteiger partial charge in [-0.3, -0.25) is 0 Å². The molecule has 19 heavy (non-hydrogen) atoms. The van der Waals surface area contributed by atoms with E-state index in [1.165, 1.54) is 6.07 Å². The smallest absolute Gasteiger partial charge is 0.370 e. The molecular formula is C13H12ClF3N2. The van der Waals surface area contributed by atoms with Crippen molar-refractivity contribution >= 4 is 28.3 Å². The lowest BCUT2D eigenvalue weighted by Crippen LogP contribution is -2.08. The Labute approximate surface area is 113 Å². The summed E-state index contributed by atoms with van der Waals surface area (Å²) in [5.41, 5.74) is -0.114. The zero-order chi connectivity index (χ0) is 14.2. The first kappa shape index (κ1) is 13.9. The fraction of sp³-hybridized carbons (Fsp3) is 0.308. The average molecular weight is 289 g/mol. The van der Waals surface area contributed by atoms with E-state index in [-0.39, 0.29) is 10.5 Å². The van der Waals surface area contributed by atoms with E-state index in [1.807, 2.05) is 6.92 Å². The topological polar surface area (TPSA) is 24.9 Å². The summed E-state index contributed by atoms with van der Waals surface area (Å²) < 4.78 is 39.0. The summed E-state index contributed by atoms with van der Waals surface area (Å²) in [4.78, 5) is 4.08. The number of pyridine rings is 1. The molecule has 102 valence electrons. The minimum Gasteiger partial charge on any atom is -0.370 e. The van der Waals surface area contributed by atoms with Gasteiger partial charge in [0.05, 0.1) is 11.1 Å². The zero-order valence-corrected chi connectivity index (χ0v) is 11.2. The van der Waals surface area contributed by atoms with Crippen LogP contribution in [0, 0.1) is 6.92 Å². The molecule has 2 rings (SSSR count). The Morgan fingerprint density at radius 3 is 2.53 bits per heavy atom. The summed E-state index contributed by atoms with van der Waals surface area (Å²) in [5.74, 6) is 0.461. The molecule has 0 saturated carbocycles. The van der Waals surface area contributed by atoms with Gasteiger partial charge in [-0.25, -0.2) is 4.98 Å². The van der Waals surface area contributed by atoms with E-state index in [0.717, 1.165) is 11.6 Å². The summed E-state index contributed by atoms with van der Waals surface area (Å²) in [6.07, 6.45) is -4.48. The number of hydrogen-bond acceptors (Lipinski definition) is 2. The van der Waals surface area contributed by atoms with Crippen molar-refractivity contribution in [3.63, 3.8) is 0 Å². The van der Waals surface area contributed by atoms with Crippen LogP contribution < -0.4 is 5.32 Å². The minimum atomic E-state index is -4.48. The molecule has 0 aliphatic rings. The maximum absolute atomic E-state index is 13.0. The first-order valence-corrected chi connectivity index (χ1v) is 6.12. The Balaban J connectivity index is 2.77. The Hall–Kier alpha value is -1.49. The number of rotatable bonds is 2. The van der Waals surface area contributed by atoms with Crippen LogP contribution in [0.5, 0.6) is 0 Å². The number of nitrogens with zero attached hydrogens (tertiary/aromatic N) is 1. The van der Waals surface area contributed by atoms with Crippen molar-refractivity contribution in [1.82, 2.24) is 4.98 Å². The Morgan fingerprint density at radius 1 is 1.26 bits per heavy atom. The molecule has 0 unspecified atom stereocenters. The average Bonchev–Trinajstić information content (AvgIpc) is 2.28. The van der Waals surface area contributed by atoms with Crippen molar-refractivity contribution < 1.29 is 13.2 Å². The molecule has 0 atom stereocenters. The van der Waals surface area contributed by atoms with Crippen LogP contribution in [0.3, 0.4) is 0 Å². The maximum Gasteiger partial charge on any atom is 0.418 e. The second kappa shape index (κ2) is 4.89. The molecule has 0 amide bonds. The van der Waals surface area contributed by atoms with Gasteiger partial charge in [0.25, 0.3) is 0 Å². The van der Waals surface area contributed by atoms with E-state index >= 15 is 0 Å². The number of benzene rings is 1. The van der Waals surface area contributed by atoms with Gasteiger partial charge < -0.3 is 5.32 Å². The second-order valence-corrected chi connectivity index (χ2v) is 4.64. The molecular weight excluding hydrogens is 277 g/mol. The highest BCUT2D eigenvalue weighted by Crippen LogP contribution is 2.37. The highest BCUT2D eigenvalue weighted by atomic mass is 35.5. The molecule has 1 heterocycles. The summed E-state index contributed by atoms with van der Waals surface area (Å²) in [6.45, 7) is 4.24. The summed E-state index contributed by atoms with van der Waals surface area (Å²) >= 11 is 5.74. The predicted octanol–water partition coefficient (Wildman–Crippen LogP) is 4.65. The molecule has 0 radical (unpaired) electrons. The van der Waals surface area contributed by atoms with Crippen LogP contribution in [0.2, 0.25) is 5.02 Å². The third kappa shape index (κ3) is 2.76. The van der Waals surface area contributed by atoms with Crippen molar-refractivity contribution in [2.75, 3.05) is 11.9 Å². The van der Waals surface area contributed by atoms with Crippen molar-refractivity contribution in [1.29, 1.82) is 0 Å². The number of nitrogens with one attached hydrogen (secondary N) is 1. The van der Waals surface area contributed by atoms with Crippen LogP contribution >= 0.6 is 11.6 Å². The van der Waals surface area contributed by atoms with Gasteiger partial charge in [-0.15, -0.1) is 0 Å². The van der Waals surface area contributed by atoms with Gasteiger partial charge in [0.15, 0.2) is 0 Å². The van der Waals surface area contributed by atoms with Crippen LogP contribution in [-0.4, -0.2) is 11.5 Å². The van der Waals surface area contributed by atoms with Crippen molar-refractivity contribution in [3.05, 3.63) is 34.3 Å². The van der Waals surface area contributed by atoms with Crippen LogP contribution in [0.4, 0.5) is 19.0 Å². The molecule has 0 bridgehead atoms. The lowest BCUT2D eigenvalue weighted by molar-refractivity contribution is -0.136. The molecule has 2 nitrogen and oxygen atoms in total. The minimum absolute atomic E-state index is 0.0530. The number of fused-ring (bicyclic) bond motifs is 1. The SMILES string of the molecule is CCNc1nc2c(C(F)(F)F)cc(Cl)cc2cc1C. The Bertz CT molecular complexity index is 623. The number of aryl methyl sites for hydroxylation is 1. The first-order valence-electron chi connectivity index (χ1n) is 5.75. The third-order valence-corrected chi connectivity index (χ3v) is 2.94. The number of anilines is 1. The fourth-order valence-corrected chi connectivity index (χ4v) is 2.15. The van der Waals surface area contributed by atoms with Crippen molar-refractivity contribution in [2.24, 2.45) is 0 Å². The van der Waals surface area contributed by atoms with E-state index in [2.05, 4.69) is 10.3 Å². The molecule has 0 fully saturated rings. The fourth-order valence-electron chi connectivity index (χ4n) is 1.92. The third-order valence-electron chi connectivity index (χ3n) is 2.72. The standard InChI is InChI=1S/C13H12ClF3N2/c1-3-18-12-7(2)4-8-5-9(14)6-10(11(8)19-12)13(15,16)17/h4-6H,3H2,1-2H3,(H,18,19). The van der Waals surface area contributed by atoms with Crippen molar-refractivity contribution in [2.45, 2.75) is 20.0 Å². The van der Waals surface area contributed by atoms with Gasteiger partial charge in [-0.05, 0) is 37.6 Å². The van der Waals surface area contributed by atoms with Gasteiger partial charge in [0.1, 0.15) is 5.82 Å². The number of aromatic nitrogens is 1. The quantitative estimate of drug-likeness (QED) is 0.870. The molecule has 0 saturated heterocycles. The lowest BCUT2D eigenvalue weighted by Gasteiger charge is -2.13. The van der Waals surface area contributed by atoms with Crippen molar-refractivity contribution in [3.8, 4) is 0 Å². The van der Waals surface area contributed by atoms with Gasteiger partial charge in [0, 0.05) is 17.0 Å². The number of halogens is 4. The highest BCUT2D eigenvalue weighted by Gasteiger charge is 2.34. The second-order valence-electron chi connectivity index (χ2n) is 4.21. The number of hydrogen-bond donors (Lipinski definition) is 1. The maximum atomic E-state index is 13.0. The number of alkyl halides is 3. The van der Waals surface area contributed by atoms with Gasteiger partial charge >= 0.3 is 6.18 Å². The first-order chi connectivity index (χ1) is 8.82. The lowest BCUT2D eigenvalue weighted by atomic mass is 10.1. The molecule has 0 aliphatic heterocycles. The van der Waals surface area contributed by atoms with E-state index in [4.69, 9.17) is 11.6 Å². The Morgan fingerprint density at radius 2 is 1.95 bits per heavy atom.